The van der Waals surface area contributed by atoms with Gasteiger partial charge in [0, 0.05) is 18.2 Å². The zero-order chi connectivity index (χ0) is 30.3. The van der Waals surface area contributed by atoms with Crippen LogP contribution in [-0.2, 0) is 23.9 Å². The van der Waals surface area contributed by atoms with Gasteiger partial charge in [0.05, 0.1) is 26.1 Å². The average Bonchev–Trinajstić information content (AvgIpc) is 3.56. The quantitative estimate of drug-likeness (QED) is 0.323. The Morgan fingerprint density at radius 2 is 1.71 bits per heavy atom. The molecule has 3 heterocycles. The van der Waals surface area contributed by atoms with Crippen molar-refractivity contribution in [2.24, 2.45) is 11.8 Å². The van der Waals surface area contributed by atoms with Crippen LogP contribution in [-0.4, -0.2) is 77.7 Å². The van der Waals surface area contributed by atoms with E-state index >= 15 is 0 Å². The molecule has 0 radical (unpaired) electrons. The summed E-state index contributed by atoms with van der Waals surface area (Å²) in [6.45, 7) is 2.62. The predicted molar refractivity (Wildman–Crippen MR) is 135 cm³/mol. The molecule has 220 valence electrons. The lowest BCUT2D eigenvalue weighted by Gasteiger charge is -2.36. The Morgan fingerprint density at radius 1 is 1.07 bits per heavy atom. The molecule has 0 saturated carbocycles. The average molecular weight is 581 g/mol. The van der Waals surface area contributed by atoms with E-state index < -0.39 is 41.5 Å². The third-order valence-corrected chi connectivity index (χ3v) is 7.92. The fourth-order valence-corrected chi connectivity index (χ4v) is 6.33. The van der Waals surface area contributed by atoms with E-state index in [1.54, 1.807) is 26.2 Å². The maximum Gasteiger partial charge on any atom is 0.490 e. The molecule has 3 aliphatic heterocycles. The number of aliphatic carboxylic acids is 1. The molecule has 3 fully saturated rings. The molecule has 3 unspecified atom stereocenters. The molecule has 5 rings (SSSR count). The van der Waals surface area contributed by atoms with Gasteiger partial charge in [-0.1, -0.05) is 24.3 Å². The number of hydrogen-bond donors (Lipinski definition) is 1. The number of carboxylic acids is 1. The van der Waals surface area contributed by atoms with E-state index in [4.69, 9.17) is 19.4 Å². The van der Waals surface area contributed by atoms with Crippen molar-refractivity contribution in [3.8, 4) is 16.9 Å². The van der Waals surface area contributed by atoms with Gasteiger partial charge in [0.1, 0.15) is 17.1 Å². The lowest BCUT2D eigenvalue weighted by Crippen LogP contribution is -2.54. The van der Waals surface area contributed by atoms with Gasteiger partial charge >= 0.3 is 18.1 Å². The summed E-state index contributed by atoms with van der Waals surface area (Å²) in [7, 11) is 2.89. The topological polar surface area (TPSA) is 113 Å². The van der Waals surface area contributed by atoms with Crippen molar-refractivity contribution in [1.82, 2.24) is 9.80 Å². The number of methoxy groups -OCH3 is 2. The second kappa shape index (κ2) is 11.1. The fraction of sp³-hybridized carbons (Fsp3) is 0.429. The van der Waals surface area contributed by atoms with Crippen molar-refractivity contribution in [3.05, 3.63) is 53.8 Å². The van der Waals surface area contributed by atoms with E-state index in [1.807, 2.05) is 23.1 Å². The number of fused-ring (bicyclic) bond motifs is 3. The third-order valence-electron chi connectivity index (χ3n) is 7.92. The number of esters is 1. The lowest BCUT2D eigenvalue weighted by atomic mass is 9.77. The standard InChI is InChI=1S/C26H27FN2O5.C2HF3O2/c1-4-28-23(30)20-21(24(28)31)26(25(32)34-3)12-5-13-29(26)22(20)16-8-11-18(19(14-16)33-2)15-6-9-17(27)10-7-15;3-2(4,5)1(6)7/h6-11,14,20-22H,4-5,12-13H2,1-3H3;(H,6,7)/t20?,21?,22?,26-;/m0./s1. The van der Waals surface area contributed by atoms with Gasteiger partial charge in [-0.15, -0.1) is 0 Å². The van der Waals surface area contributed by atoms with E-state index in [1.165, 1.54) is 24.1 Å². The Kier molecular flexibility index (Phi) is 8.12. The highest BCUT2D eigenvalue weighted by molar-refractivity contribution is 6.09. The Labute approximate surface area is 232 Å². The van der Waals surface area contributed by atoms with Crippen LogP contribution in [0.1, 0.15) is 31.4 Å². The van der Waals surface area contributed by atoms with E-state index in [0.717, 1.165) is 23.1 Å². The molecule has 0 spiro atoms. The van der Waals surface area contributed by atoms with Crippen LogP contribution in [0.4, 0.5) is 17.6 Å². The van der Waals surface area contributed by atoms with Crippen LogP contribution < -0.4 is 4.74 Å². The summed E-state index contributed by atoms with van der Waals surface area (Å²) < 4.78 is 56.0. The number of halogens is 4. The van der Waals surface area contributed by atoms with Crippen molar-refractivity contribution in [2.45, 2.75) is 37.5 Å². The number of alkyl halides is 3. The van der Waals surface area contributed by atoms with Crippen molar-refractivity contribution in [2.75, 3.05) is 27.3 Å². The first-order chi connectivity index (χ1) is 19.3. The first kappa shape index (κ1) is 30.0. The molecule has 13 heteroatoms. The highest BCUT2D eigenvalue weighted by Crippen LogP contribution is 2.59. The number of ether oxygens (including phenoxy) is 2. The smallest absolute Gasteiger partial charge is 0.490 e. The number of nitrogens with zero attached hydrogens (tertiary/aromatic N) is 2. The van der Waals surface area contributed by atoms with Gasteiger partial charge in [-0.3, -0.25) is 24.2 Å². The summed E-state index contributed by atoms with van der Waals surface area (Å²) in [5.74, 6) is -4.97. The molecule has 1 N–H and O–H groups in total. The first-order valence-electron chi connectivity index (χ1n) is 12.8. The second-order valence-electron chi connectivity index (χ2n) is 9.85. The van der Waals surface area contributed by atoms with Gasteiger partial charge < -0.3 is 14.6 Å². The molecule has 41 heavy (non-hydrogen) atoms. The first-order valence-corrected chi connectivity index (χ1v) is 12.8. The highest BCUT2D eigenvalue weighted by atomic mass is 19.4. The Hall–Kier alpha value is -4.00. The van der Waals surface area contributed by atoms with Crippen molar-refractivity contribution >= 4 is 23.8 Å². The number of carbonyl (C=O) groups is 4. The maximum absolute atomic E-state index is 13.4. The van der Waals surface area contributed by atoms with E-state index in [-0.39, 0.29) is 24.2 Å². The van der Waals surface area contributed by atoms with E-state index in [2.05, 4.69) is 0 Å². The fourth-order valence-electron chi connectivity index (χ4n) is 6.33. The minimum absolute atomic E-state index is 0.248. The van der Waals surface area contributed by atoms with Crippen LogP contribution in [0.3, 0.4) is 0 Å². The molecule has 4 atom stereocenters. The molecule has 3 saturated heterocycles. The van der Waals surface area contributed by atoms with Crippen LogP contribution >= 0.6 is 0 Å². The summed E-state index contributed by atoms with van der Waals surface area (Å²) >= 11 is 0. The summed E-state index contributed by atoms with van der Waals surface area (Å²) in [5.41, 5.74) is 1.22. The largest absolute Gasteiger partial charge is 0.496 e. The highest BCUT2D eigenvalue weighted by Gasteiger charge is 2.73. The van der Waals surface area contributed by atoms with Gasteiger partial charge in [0.25, 0.3) is 0 Å². The molecule has 0 aromatic heterocycles. The van der Waals surface area contributed by atoms with E-state index in [0.29, 0.717) is 18.7 Å². The number of carbonyl (C=O) groups excluding carboxylic acids is 3. The Morgan fingerprint density at radius 3 is 2.24 bits per heavy atom. The van der Waals surface area contributed by atoms with Gasteiger partial charge in [-0.25, -0.2) is 9.18 Å². The zero-order valence-corrected chi connectivity index (χ0v) is 22.4. The molecular weight excluding hydrogens is 552 g/mol. The molecule has 9 nitrogen and oxygen atoms in total. The minimum Gasteiger partial charge on any atom is -0.496 e. The molecular formula is C28H28F4N2O7. The molecule has 0 aliphatic carbocycles. The lowest BCUT2D eigenvalue weighted by molar-refractivity contribution is -0.192. The SMILES string of the molecule is CCN1C(=O)C2C(c3ccc(-c4ccc(F)cc4)c(OC)c3)N3CCC[C@@]3(C(=O)OC)C2C1=O.O=C(O)C(F)(F)F. The van der Waals surface area contributed by atoms with Crippen LogP contribution in [0.2, 0.25) is 0 Å². The second-order valence-corrected chi connectivity index (χ2v) is 9.85. The number of hydrogen-bond acceptors (Lipinski definition) is 7. The summed E-state index contributed by atoms with van der Waals surface area (Å²) in [4.78, 5) is 52.2. The number of carboxylic acid groups (broad SMARTS) is 1. The minimum atomic E-state index is -5.08. The number of imide groups is 1. The van der Waals surface area contributed by atoms with Crippen LogP contribution in [0.25, 0.3) is 11.1 Å². The number of amides is 2. The molecule has 3 aliphatic rings. The monoisotopic (exact) mass is 580 g/mol. The molecule has 2 aromatic carbocycles. The van der Waals surface area contributed by atoms with Crippen molar-refractivity contribution in [1.29, 1.82) is 0 Å². The van der Waals surface area contributed by atoms with Crippen LogP contribution in [0.5, 0.6) is 5.75 Å². The number of rotatable bonds is 5. The number of benzene rings is 2. The summed E-state index contributed by atoms with van der Waals surface area (Å²) in [5, 5.41) is 7.12. The number of likely N-dealkylation sites (tertiary alicyclic amines) is 1. The predicted octanol–water partition coefficient (Wildman–Crippen LogP) is 3.82. The van der Waals surface area contributed by atoms with Crippen LogP contribution in [0, 0.1) is 17.7 Å². The van der Waals surface area contributed by atoms with Gasteiger partial charge in [0.2, 0.25) is 11.8 Å². The van der Waals surface area contributed by atoms with Gasteiger partial charge in [0.15, 0.2) is 0 Å². The summed E-state index contributed by atoms with van der Waals surface area (Å²) in [6, 6.07) is 11.3. The van der Waals surface area contributed by atoms with Gasteiger partial charge in [-0.05, 0) is 55.6 Å². The normalized spacial score (nSPS) is 25.3. The summed E-state index contributed by atoms with van der Waals surface area (Å²) in [6.07, 6.45) is -3.88. The van der Waals surface area contributed by atoms with Crippen molar-refractivity contribution in [3.63, 3.8) is 0 Å². The Balaban J connectivity index is 0.000000493. The maximum atomic E-state index is 13.4. The van der Waals surface area contributed by atoms with Crippen molar-refractivity contribution < 1.29 is 51.3 Å². The van der Waals surface area contributed by atoms with Gasteiger partial charge in [-0.2, -0.15) is 13.2 Å². The molecule has 2 amide bonds. The van der Waals surface area contributed by atoms with E-state index in [9.17, 15) is 31.9 Å². The van der Waals surface area contributed by atoms with Crippen LogP contribution in [0.15, 0.2) is 42.5 Å². The zero-order valence-electron chi connectivity index (χ0n) is 22.4. The molecule has 0 bridgehead atoms. The third kappa shape index (κ3) is 4.92. The Bertz CT molecular complexity index is 1360. The molecule has 2 aromatic rings.